The van der Waals surface area contributed by atoms with Gasteiger partial charge in [0.1, 0.15) is 18.6 Å². The predicted molar refractivity (Wildman–Crippen MR) is 80.6 cm³/mol. The number of carbonyl (C=O) groups is 1. The molecule has 21 heavy (non-hydrogen) atoms. The number of hydrogen-bond donors (Lipinski definition) is 0. The molecule has 0 N–H and O–H groups in total. The first kappa shape index (κ1) is 13.9. The van der Waals surface area contributed by atoms with Gasteiger partial charge in [0.25, 0.3) is 0 Å². The summed E-state index contributed by atoms with van der Waals surface area (Å²) in [5.41, 5.74) is 3.68. The molecule has 0 fully saturated rings. The molecular weight excluding hydrogens is 264 g/mol. The Bertz CT molecular complexity index is 620. The minimum absolute atomic E-state index is 0.0625. The van der Waals surface area contributed by atoms with E-state index in [2.05, 4.69) is 18.0 Å². The highest BCUT2D eigenvalue weighted by atomic mass is 16.5. The molecule has 0 radical (unpaired) electrons. The van der Waals surface area contributed by atoms with Crippen LogP contribution in [0.25, 0.3) is 0 Å². The second-order valence-corrected chi connectivity index (χ2v) is 5.54. The number of aldehydes is 1. The zero-order valence-corrected chi connectivity index (χ0v) is 12.3. The van der Waals surface area contributed by atoms with E-state index in [-0.39, 0.29) is 5.92 Å². The van der Waals surface area contributed by atoms with Crippen molar-refractivity contribution >= 4 is 6.29 Å². The number of carbonyl (C=O) groups excluding carboxylic acids is 1. The number of rotatable bonds is 5. The maximum Gasteiger partial charge on any atom is 0.127 e. The van der Waals surface area contributed by atoms with E-state index in [1.165, 1.54) is 16.7 Å². The number of imidazole rings is 1. The van der Waals surface area contributed by atoms with E-state index in [1.54, 1.807) is 12.5 Å². The van der Waals surface area contributed by atoms with Crippen LogP contribution in [0.3, 0.4) is 0 Å². The lowest BCUT2D eigenvalue weighted by atomic mass is 9.81. The van der Waals surface area contributed by atoms with Gasteiger partial charge in [0.2, 0.25) is 0 Å². The van der Waals surface area contributed by atoms with Gasteiger partial charge in [-0.3, -0.25) is 0 Å². The standard InChI is InChI=1S/C17H20N2O2/c1-13-15-4-2-3-14(11-20)16(15)5-6-17(13)21-10-9-19-8-7-18-12-19/h5-8,11-12,14H,2-4,9-10H2,1H3. The highest BCUT2D eigenvalue weighted by molar-refractivity contribution is 5.65. The molecule has 0 bridgehead atoms. The van der Waals surface area contributed by atoms with Gasteiger partial charge < -0.3 is 14.1 Å². The normalized spacial score (nSPS) is 17.3. The fourth-order valence-corrected chi connectivity index (χ4v) is 3.07. The van der Waals surface area contributed by atoms with Gasteiger partial charge in [-0.2, -0.15) is 0 Å². The summed E-state index contributed by atoms with van der Waals surface area (Å²) in [7, 11) is 0. The van der Waals surface area contributed by atoms with Crippen LogP contribution in [0.5, 0.6) is 5.75 Å². The van der Waals surface area contributed by atoms with Crippen molar-refractivity contribution in [2.24, 2.45) is 0 Å². The number of benzene rings is 1. The Morgan fingerprint density at radius 2 is 2.38 bits per heavy atom. The summed E-state index contributed by atoms with van der Waals surface area (Å²) in [6, 6.07) is 4.07. The van der Waals surface area contributed by atoms with Gasteiger partial charge in [-0.25, -0.2) is 4.98 Å². The summed E-state index contributed by atoms with van der Waals surface area (Å²) < 4.78 is 7.90. The summed E-state index contributed by atoms with van der Waals surface area (Å²) in [6.45, 7) is 3.50. The predicted octanol–water partition coefficient (Wildman–Crippen LogP) is 2.89. The zero-order chi connectivity index (χ0) is 14.7. The van der Waals surface area contributed by atoms with Crippen molar-refractivity contribution in [3.05, 3.63) is 47.5 Å². The molecule has 1 atom stereocenters. The second kappa shape index (κ2) is 6.12. The van der Waals surface area contributed by atoms with Crippen LogP contribution in [-0.2, 0) is 17.8 Å². The fraction of sp³-hybridized carbons (Fsp3) is 0.412. The monoisotopic (exact) mass is 284 g/mol. The van der Waals surface area contributed by atoms with Crippen molar-refractivity contribution < 1.29 is 9.53 Å². The number of ether oxygens (including phenoxy) is 1. The van der Waals surface area contributed by atoms with Crippen molar-refractivity contribution in [3.8, 4) is 5.75 Å². The van der Waals surface area contributed by atoms with Gasteiger partial charge in [-0.15, -0.1) is 0 Å². The molecule has 4 nitrogen and oxygen atoms in total. The molecule has 1 aliphatic rings. The minimum atomic E-state index is 0.0625. The van der Waals surface area contributed by atoms with Crippen LogP contribution in [0.2, 0.25) is 0 Å². The van der Waals surface area contributed by atoms with E-state index in [1.807, 2.05) is 16.8 Å². The van der Waals surface area contributed by atoms with Crippen LogP contribution in [0.15, 0.2) is 30.9 Å². The molecule has 1 aromatic carbocycles. The van der Waals surface area contributed by atoms with E-state index in [9.17, 15) is 4.79 Å². The van der Waals surface area contributed by atoms with Crippen LogP contribution in [-0.4, -0.2) is 22.4 Å². The third-order valence-electron chi connectivity index (χ3n) is 4.26. The highest BCUT2D eigenvalue weighted by Gasteiger charge is 2.22. The van der Waals surface area contributed by atoms with Crippen molar-refractivity contribution in [2.75, 3.05) is 6.61 Å². The first-order chi connectivity index (χ1) is 10.3. The number of aromatic nitrogens is 2. The third kappa shape index (κ3) is 2.84. The summed E-state index contributed by atoms with van der Waals surface area (Å²) in [5, 5.41) is 0. The molecule has 0 spiro atoms. The molecule has 3 rings (SSSR count). The molecular formula is C17H20N2O2. The summed E-state index contributed by atoms with van der Waals surface area (Å²) in [5.74, 6) is 0.993. The molecule has 1 aliphatic carbocycles. The Morgan fingerprint density at radius 1 is 1.48 bits per heavy atom. The Labute approximate surface area is 124 Å². The summed E-state index contributed by atoms with van der Waals surface area (Å²) in [4.78, 5) is 15.2. The van der Waals surface area contributed by atoms with Crippen LogP contribution in [0.1, 0.15) is 35.4 Å². The van der Waals surface area contributed by atoms with E-state index >= 15 is 0 Å². The first-order valence-corrected chi connectivity index (χ1v) is 7.46. The molecule has 0 aliphatic heterocycles. The van der Waals surface area contributed by atoms with Gasteiger partial charge in [-0.1, -0.05) is 6.07 Å². The minimum Gasteiger partial charge on any atom is -0.491 e. The molecule has 0 saturated heterocycles. The third-order valence-corrected chi connectivity index (χ3v) is 4.26. The number of nitrogens with zero attached hydrogens (tertiary/aromatic N) is 2. The fourth-order valence-electron chi connectivity index (χ4n) is 3.07. The van der Waals surface area contributed by atoms with Crippen molar-refractivity contribution in [2.45, 2.75) is 38.6 Å². The second-order valence-electron chi connectivity index (χ2n) is 5.54. The Hall–Kier alpha value is -2.10. The van der Waals surface area contributed by atoms with Crippen LogP contribution >= 0.6 is 0 Å². The van der Waals surface area contributed by atoms with Gasteiger partial charge in [0.15, 0.2) is 0 Å². The zero-order valence-electron chi connectivity index (χ0n) is 12.3. The Balaban J connectivity index is 1.73. The highest BCUT2D eigenvalue weighted by Crippen LogP contribution is 2.35. The largest absolute Gasteiger partial charge is 0.491 e. The van der Waals surface area contributed by atoms with Crippen LogP contribution in [0, 0.1) is 6.92 Å². The van der Waals surface area contributed by atoms with Gasteiger partial charge >= 0.3 is 0 Å². The molecule has 2 aromatic rings. The van der Waals surface area contributed by atoms with Crippen LogP contribution < -0.4 is 4.74 Å². The van der Waals surface area contributed by atoms with E-state index in [4.69, 9.17) is 4.74 Å². The number of hydrogen-bond acceptors (Lipinski definition) is 3. The van der Waals surface area contributed by atoms with Gasteiger partial charge in [-0.05, 0) is 48.9 Å². The molecule has 1 unspecified atom stereocenters. The lowest BCUT2D eigenvalue weighted by Gasteiger charge is -2.24. The van der Waals surface area contributed by atoms with E-state index in [0.29, 0.717) is 6.61 Å². The van der Waals surface area contributed by atoms with Crippen molar-refractivity contribution in [1.29, 1.82) is 0 Å². The molecule has 110 valence electrons. The average molecular weight is 284 g/mol. The lowest BCUT2D eigenvalue weighted by Crippen LogP contribution is -2.14. The maximum atomic E-state index is 11.2. The molecule has 0 saturated carbocycles. The topological polar surface area (TPSA) is 44.1 Å². The Kier molecular flexibility index (Phi) is 4.04. The van der Waals surface area contributed by atoms with Gasteiger partial charge in [0.05, 0.1) is 12.9 Å². The average Bonchev–Trinajstić information content (AvgIpc) is 3.02. The number of fused-ring (bicyclic) bond motifs is 1. The summed E-state index contributed by atoms with van der Waals surface area (Å²) >= 11 is 0. The quantitative estimate of drug-likeness (QED) is 0.793. The first-order valence-electron chi connectivity index (χ1n) is 7.46. The molecule has 1 heterocycles. The maximum absolute atomic E-state index is 11.2. The summed E-state index contributed by atoms with van der Waals surface area (Å²) in [6.07, 6.45) is 9.66. The Morgan fingerprint density at radius 3 is 3.14 bits per heavy atom. The van der Waals surface area contributed by atoms with Crippen LogP contribution in [0.4, 0.5) is 0 Å². The smallest absolute Gasteiger partial charge is 0.127 e. The molecule has 1 aromatic heterocycles. The molecule has 4 heteroatoms. The molecule has 0 amide bonds. The lowest BCUT2D eigenvalue weighted by molar-refractivity contribution is -0.109. The van der Waals surface area contributed by atoms with Crippen molar-refractivity contribution in [3.63, 3.8) is 0 Å². The van der Waals surface area contributed by atoms with Gasteiger partial charge in [0, 0.05) is 18.3 Å². The SMILES string of the molecule is Cc1c(OCCn2ccnc2)ccc2c1CCCC2C=O. The van der Waals surface area contributed by atoms with Crippen molar-refractivity contribution in [1.82, 2.24) is 9.55 Å². The van der Waals surface area contributed by atoms with E-state index in [0.717, 1.165) is 37.8 Å². The van der Waals surface area contributed by atoms with E-state index < -0.39 is 0 Å².